The first kappa shape index (κ1) is 15.1. The molecular formula is C15H24FNO. The van der Waals surface area contributed by atoms with Gasteiger partial charge in [0.15, 0.2) is 0 Å². The minimum atomic E-state index is -0.594. The van der Waals surface area contributed by atoms with Crippen molar-refractivity contribution in [3.05, 3.63) is 35.1 Å². The van der Waals surface area contributed by atoms with Crippen molar-refractivity contribution in [2.75, 3.05) is 0 Å². The van der Waals surface area contributed by atoms with Crippen LogP contribution in [0.15, 0.2) is 18.2 Å². The molecule has 0 aliphatic carbocycles. The smallest absolute Gasteiger partial charge is 0.126 e. The third-order valence-electron chi connectivity index (χ3n) is 3.46. The fraction of sp³-hybridized carbons (Fsp3) is 0.600. The lowest BCUT2D eigenvalue weighted by Crippen LogP contribution is -2.40. The fourth-order valence-electron chi connectivity index (χ4n) is 2.00. The number of rotatable bonds is 6. The second-order valence-corrected chi connectivity index (χ2v) is 4.94. The first-order chi connectivity index (χ1) is 8.49. The van der Waals surface area contributed by atoms with Gasteiger partial charge in [-0.3, -0.25) is 0 Å². The molecule has 0 heterocycles. The van der Waals surface area contributed by atoms with Crippen LogP contribution in [-0.4, -0.2) is 17.2 Å². The van der Waals surface area contributed by atoms with Crippen molar-refractivity contribution in [2.45, 2.75) is 58.7 Å². The molecule has 1 aromatic carbocycles. The van der Waals surface area contributed by atoms with E-state index in [1.165, 1.54) is 6.07 Å². The largest absolute Gasteiger partial charge is 0.387 e. The van der Waals surface area contributed by atoms with Crippen molar-refractivity contribution in [1.82, 2.24) is 5.32 Å². The van der Waals surface area contributed by atoms with Crippen molar-refractivity contribution in [3.63, 3.8) is 0 Å². The normalized spacial score (nSPS) is 16.3. The summed E-state index contributed by atoms with van der Waals surface area (Å²) in [5.41, 5.74) is 1.35. The number of hydrogen-bond acceptors (Lipinski definition) is 2. The molecular weight excluding hydrogens is 229 g/mol. The summed E-state index contributed by atoms with van der Waals surface area (Å²) in [6.45, 7) is 7.97. The summed E-state index contributed by atoms with van der Waals surface area (Å²) in [6.07, 6.45) is 1.26. The Bertz CT molecular complexity index is 381. The van der Waals surface area contributed by atoms with Gasteiger partial charge >= 0.3 is 0 Å². The van der Waals surface area contributed by atoms with Crippen molar-refractivity contribution < 1.29 is 9.50 Å². The van der Waals surface area contributed by atoms with Crippen LogP contribution in [0.1, 0.15) is 50.8 Å². The van der Waals surface area contributed by atoms with Gasteiger partial charge < -0.3 is 10.4 Å². The van der Waals surface area contributed by atoms with Crippen LogP contribution < -0.4 is 5.32 Å². The highest BCUT2D eigenvalue weighted by Gasteiger charge is 2.20. The Morgan fingerprint density at radius 3 is 2.44 bits per heavy atom. The lowest BCUT2D eigenvalue weighted by Gasteiger charge is -2.26. The standard InChI is InChI=1S/C15H24FNO/c1-5-11(4)17-14(6-2)15(18)12-7-8-13(16)10(3)9-12/h7-9,11,14-15,17-18H,5-6H2,1-4H3. The van der Waals surface area contributed by atoms with Crippen molar-refractivity contribution >= 4 is 0 Å². The third kappa shape index (κ3) is 3.79. The van der Waals surface area contributed by atoms with Crippen LogP contribution in [0.2, 0.25) is 0 Å². The molecule has 0 amide bonds. The van der Waals surface area contributed by atoms with Gasteiger partial charge in [-0.15, -0.1) is 0 Å². The molecule has 1 aromatic rings. The maximum absolute atomic E-state index is 13.2. The zero-order chi connectivity index (χ0) is 13.7. The van der Waals surface area contributed by atoms with Crippen molar-refractivity contribution in [3.8, 4) is 0 Å². The van der Waals surface area contributed by atoms with Crippen LogP contribution >= 0.6 is 0 Å². The van der Waals surface area contributed by atoms with E-state index in [0.717, 1.165) is 18.4 Å². The van der Waals surface area contributed by atoms with Gasteiger partial charge in [0.25, 0.3) is 0 Å². The van der Waals surface area contributed by atoms with Gasteiger partial charge in [0.05, 0.1) is 6.10 Å². The van der Waals surface area contributed by atoms with Gasteiger partial charge in [-0.2, -0.15) is 0 Å². The zero-order valence-corrected chi connectivity index (χ0v) is 11.7. The summed E-state index contributed by atoms with van der Waals surface area (Å²) < 4.78 is 13.2. The number of aliphatic hydroxyl groups is 1. The Labute approximate surface area is 109 Å². The van der Waals surface area contributed by atoms with Crippen LogP contribution in [0.5, 0.6) is 0 Å². The van der Waals surface area contributed by atoms with Crippen molar-refractivity contribution in [1.29, 1.82) is 0 Å². The fourth-order valence-corrected chi connectivity index (χ4v) is 2.00. The van der Waals surface area contributed by atoms with E-state index in [4.69, 9.17) is 0 Å². The highest BCUT2D eigenvalue weighted by atomic mass is 19.1. The summed E-state index contributed by atoms with van der Waals surface area (Å²) in [4.78, 5) is 0. The molecule has 0 bridgehead atoms. The van der Waals surface area contributed by atoms with Gasteiger partial charge in [0, 0.05) is 12.1 Å². The van der Waals surface area contributed by atoms with Gasteiger partial charge in [0.2, 0.25) is 0 Å². The molecule has 0 saturated heterocycles. The van der Waals surface area contributed by atoms with Crippen LogP contribution in [0.25, 0.3) is 0 Å². The number of hydrogen-bond donors (Lipinski definition) is 2. The Morgan fingerprint density at radius 1 is 1.28 bits per heavy atom. The summed E-state index contributed by atoms with van der Waals surface area (Å²) in [5.74, 6) is -0.228. The van der Waals surface area contributed by atoms with E-state index in [1.807, 2.05) is 6.92 Å². The minimum absolute atomic E-state index is 0.00445. The maximum Gasteiger partial charge on any atom is 0.126 e. The van der Waals surface area contributed by atoms with Crippen LogP contribution in [-0.2, 0) is 0 Å². The van der Waals surface area contributed by atoms with Gasteiger partial charge in [0.1, 0.15) is 5.82 Å². The highest BCUT2D eigenvalue weighted by Crippen LogP contribution is 2.21. The maximum atomic E-state index is 13.2. The second-order valence-electron chi connectivity index (χ2n) is 4.94. The molecule has 0 aliphatic heterocycles. The van der Waals surface area contributed by atoms with E-state index < -0.39 is 6.10 Å². The molecule has 0 aromatic heterocycles. The third-order valence-corrected chi connectivity index (χ3v) is 3.46. The van der Waals surface area contributed by atoms with Crippen LogP contribution in [0.3, 0.4) is 0 Å². The molecule has 0 aliphatic rings. The van der Waals surface area contributed by atoms with E-state index in [-0.39, 0.29) is 11.9 Å². The SMILES string of the molecule is CCC(C)NC(CC)C(O)c1ccc(F)c(C)c1. The predicted molar refractivity (Wildman–Crippen MR) is 73.1 cm³/mol. The molecule has 0 spiro atoms. The van der Waals surface area contributed by atoms with E-state index >= 15 is 0 Å². The molecule has 0 fully saturated rings. The molecule has 0 radical (unpaired) electrons. The number of benzene rings is 1. The van der Waals surface area contributed by atoms with Gasteiger partial charge in [-0.1, -0.05) is 26.0 Å². The van der Waals surface area contributed by atoms with Crippen LogP contribution in [0, 0.1) is 12.7 Å². The molecule has 102 valence electrons. The van der Waals surface area contributed by atoms with Gasteiger partial charge in [-0.05, 0) is 43.9 Å². The second kappa shape index (κ2) is 6.86. The first-order valence-corrected chi connectivity index (χ1v) is 6.69. The molecule has 3 unspecified atom stereocenters. The summed E-state index contributed by atoms with van der Waals surface area (Å²) >= 11 is 0. The predicted octanol–water partition coefficient (Wildman–Crippen LogP) is 3.33. The molecule has 2 N–H and O–H groups in total. The van der Waals surface area contributed by atoms with E-state index in [1.54, 1.807) is 19.1 Å². The van der Waals surface area contributed by atoms with Crippen molar-refractivity contribution in [2.24, 2.45) is 0 Å². The minimum Gasteiger partial charge on any atom is -0.387 e. The van der Waals surface area contributed by atoms with E-state index in [2.05, 4.69) is 19.2 Å². The van der Waals surface area contributed by atoms with E-state index in [9.17, 15) is 9.50 Å². The molecule has 18 heavy (non-hydrogen) atoms. The van der Waals surface area contributed by atoms with Gasteiger partial charge in [-0.25, -0.2) is 4.39 Å². The Kier molecular flexibility index (Phi) is 5.76. The zero-order valence-electron chi connectivity index (χ0n) is 11.7. The monoisotopic (exact) mass is 253 g/mol. The molecule has 3 atom stereocenters. The number of aliphatic hydroxyl groups excluding tert-OH is 1. The summed E-state index contributed by atoms with van der Waals surface area (Å²) in [7, 11) is 0. The molecule has 0 saturated carbocycles. The Morgan fingerprint density at radius 2 is 1.94 bits per heavy atom. The quantitative estimate of drug-likeness (QED) is 0.815. The average molecular weight is 253 g/mol. The lowest BCUT2D eigenvalue weighted by atomic mass is 9.97. The average Bonchev–Trinajstić information content (AvgIpc) is 2.38. The molecule has 2 nitrogen and oxygen atoms in total. The lowest BCUT2D eigenvalue weighted by molar-refractivity contribution is 0.119. The van der Waals surface area contributed by atoms with E-state index in [0.29, 0.717) is 11.6 Å². The number of aryl methyl sites for hydroxylation is 1. The first-order valence-electron chi connectivity index (χ1n) is 6.69. The Balaban J connectivity index is 2.82. The Hall–Kier alpha value is -0.930. The summed E-state index contributed by atoms with van der Waals surface area (Å²) in [5, 5.41) is 13.8. The molecule has 3 heteroatoms. The van der Waals surface area contributed by atoms with Crippen LogP contribution in [0.4, 0.5) is 4.39 Å². The topological polar surface area (TPSA) is 32.3 Å². The molecule has 1 rings (SSSR count). The highest BCUT2D eigenvalue weighted by molar-refractivity contribution is 5.26. The summed E-state index contributed by atoms with van der Waals surface area (Å²) in [6, 6.07) is 5.18. The number of nitrogens with one attached hydrogen (secondary N) is 1. The number of halogens is 1.